The van der Waals surface area contributed by atoms with E-state index in [1.807, 2.05) is 30.3 Å². The fourth-order valence-electron chi connectivity index (χ4n) is 6.61. The zero-order valence-corrected chi connectivity index (χ0v) is 26.4. The molecule has 2 heterocycles. The standard InChI is InChI=1S/C33H31Cl2F6N3O3/c34-26-7-6-23(19-27(26)35)30(8-12-43-13-10-31(11-14-43,47-29(42)46)22-4-2-1-3-5-22)9-15-44(20-30)28(45)21-16-24(32(36,37)38)18-25(17-21)33(39,40)41/h1-7,16-19H,8-15,20H2,(H2,42,46). The van der Waals surface area contributed by atoms with E-state index in [9.17, 15) is 35.9 Å². The first kappa shape index (κ1) is 34.8. The largest absolute Gasteiger partial charge is 0.438 e. The summed E-state index contributed by atoms with van der Waals surface area (Å²) in [5, 5.41) is 0.582. The Labute approximate surface area is 277 Å². The number of piperidine rings is 1. The van der Waals surface area contributed by atoms with E-state index in [2.05, 4.69) is 4.90 Å². The first-order valence-electron chi connectivity index (χ1n) is 14.8. The fraction of sp³-hybridized carbons (Fsp3) is 0.394. The van der Waals surface area contributed by atoms with Gasteiger partial charge in [-0.2, -0.15) is 26.3 Å². The summed E-state index contributed by atoms with van der Waals surface area (Å²) in [5.74, 6) is -0.933. The number of nitrogens with zero attached hydrogens (tertiary/aromatic N) is 2. The minimum Gasteiger partial charge on any atom is -0.438 e. The SMILES string of the molecule is NC(=O)OC1(c2ccccc2)CCN(CCC2(c3ccc(Cl)c(Cl)c3)CCN(C(=O)c3cc(C(F)(F)F)cc(C(F)(F)F)c3)C2)CC1. The normalized spacial score (nSPS) is 20.3. The van der Waals surface area contributed by atoms with Crippen molar-refractivity contribution in [1.29, 1.82) is 0 Å². The van der Waals surface area contributed by atoms with E-state index in [1.54, 1.807) is 18.2 Å². The Bertz CT molecular complexity index is 1600. The number of hydrogen-bond donors (Lipinski definition) is 1. The van der Waals surface area contributed by atoms with Crippen molar-refractivity contribution < 1.29 is 40.7 Å². The van der Waals surface area contributed by atoms with Gasteiger partial charge in [0, 0.05) is 50.0 Å². The molecule has 0 radical (unpaired) electrons. The number of primary amides is 1. The molecule has 0 bridgehead atoms. The Morgan fingerprint density at radius 3 is 1.96 bits per heavy atom. The van der Waals surface area contributed by atoms with Crippen LogP contribution in [-0.2, 0) is 28.1 Å². The molecule has 252 valence electrons. The lowest BCUT2D eigenvalue weighted by molar-refractivity contribution is -0.143. The highest BCUT2D eigenvalue weighted by molar-refractivity contribution is 6.42. The highest BCUT2D eigenvalue weighted by atomic mass is 35.5. The van der Waals surface area contributed by atoms with Crippen LogP contribution in [0.1, 0.15) is 58.3 Å². The van der Waals surface area contributed by atoms with Gasteiger partial charge in [0.2, 0.25) is 0 Å². The van der Waals surface area contributed by atoms with Crippen molar-refractivity contribution in [2.24, 2.45) is 5.73 Å². The average Bonchev–Trinajstić information content (AvgIpc) is 3.46. The van der Waals surface area contributed by atoms with E-state index >= 15 is 0 Å². The zero-order valence-electron chi connectivity index (χ0n) is 24.9. The van der Waals surface area contributed by atoms with Gasteiger partial charge in [0.25, 0.3) is 5.91 Å². The summed E-state index contributed by atoms with van der Waals surface area (Å²) in [6.45, 7) is 1.76. The topological polar surface area (TPSA) is 75.9 Å². The fourth-order valence-corrected chi connectivity index (χ4v) is 6.91. The van der Waals surface area contributed by atoms with Gasteiger partial charge < -0.3 is 20.3 Å². The molecule has 47 heavy (non-hydrogen) atoms. The number of likely N-dealkylation sites (tertiary alicyclic amines) is 2. The predicted octanol–water partition coefficient (Wildman–Crippen LogP) is 8.29. The van der Waals surface area contributed by atoms with Crippen LogP contribution in [0.15, 0.2) is 66.7 Å². The third-order valence-corrected chi connectivity index (χ3v) is 9.91. The molecule has 1 unspecified atom stereocenters. The van der Waals surface area contributed by atoms with Crippen molar-refractivity contribution >= 4 is 35.2 Å². The molecule has 2 aliphatic rings. The molecule has 2 aliphatic heterocycles. The number of carbonyl (C=O) groups is 2. The van der Waals surface area contributed by atoms with Gasteiger partial charge in [0.1, 0.15) is 5.60 Å². The Balaban J connectivity index is 1.38. The molecule has 0 aromatic heterocycles. The van der Waals surface area contributed by atoms with Crippen LogP contribution in [0.4, 0.5) is 31.1 Å². The van der Waals surface area contributed by atoms with Crippen LogP contribution < -0.4 is 5.73 Å². The first-order chi connectivity index (χ1) is 22.0. The maximum Gasteiger partial charge on any atom is 0.416 e. The molecule has 0 aliphatic carbocycles. The van der Waals surface area contributed by atoms with Gasteiger partial charge in [-0.3, -0.25) is 4.79 Å². The lowest BCUT2D eigenvalue weighted by atomic mass is 9.76. The molecule has 3 aromatic rings. The highest BCUT2D eigenvalue weighted by Gasteiger charge is 2.45. The van der Waals surface area contributed by atoms with Crippen molar-refractivity contribution in [2.45, 2.75) is 49.1 Å². The molecule has 2 amide bonds. The van der Waals surface area contributed by atoms with Crippen LogP contribution >= 0.6 is 23.2 Å². The van der Waals surface area contributed by atoms with E-state index < -0.39 is 52.1 Å². The van der Waals surface area contributed by atoms with E-state index in [0.717, 1.165) is 11.1 Å². The van der Waals surface area contributed by atoms with E-state index in [4.69, 9.17) is 33.7 Å². The molecule has 2 saturated heterocycles. The van der Waals surface area contributed by atoms with Crippen LogP contribution in [-0.4, -0.2) is 54.5 Å². The molecule has 0 saturated carbocycles. The summed E-state index contributed by atoms with van der Waals surface area (Å²) in [6.07, 6.45) is -9.22. The quantitative estimate of drug-likeness (QED) is 0.252. The van der Waals surface area contributed by atoms with Crippen molar-refractivity contribution in [3.05, 3.63) is 105 Å². The number of nitrogens with two attached hydrogens (primary N) is 1. The predicted molar refractivity (Wildman–Crippen MR) is 164 cm³/mol. The van der Waals surface area contributed by atoms with E-state index in [-0.39, 0.29) is 24.2 Å². The highest BCUT2D eigenvalue weighted by Crippen LogP contribution is 2.43. The lowest BCUT2D eigenvalue weighted by Crippen LogP contribution is -2.47. The third-order valence-electron chi connectivity index (χ3n) is 9.17. The molecule has 1 atom stereocenters. The minimum absolute atomic E-state index is 0.000340. The molecular formula is C33H31Cl2F6N3O3. The number of alkyl halides is 6. The van der Waals surface area contributed by atoms with Crippen molar-refractivity contribution in [1.82, 2.24) is 9.80 Å². The van der Waals surface area contributed by atoms with E-state index in [0.29, 0.717) is 62.5 Å². The zero-order chi connectivity index (χ0) is 34.2. The number of halogens is 8. The summed E-state index contributed by atoms with van der Waals surface area (Å²) in [6, 6.07) is 15.3. The summed E-state index contributed by atoms with van der Waals surface area (Å²) in [5.41, 5.74) is 1.59. The summed E-state index contributed by atoms with van der Waals surface area (Å²) >= 11 is 12.5. The number of carbonyl (C=O) groups excluding carboxylic acids is 2. The van der Waals surface area contributed by atoms with Crippen LogP contribution in [0.3, 0.4) is 0 Å². The molecule has 6 nitrogen and oxygen atoms in total. The molecule has 14 heteroatoms. The van der Waals surface area contributed by atoms with Gasteiger partial charge in [-0.15, -0.1) is 0 Å². The van der Waals surface area contributed by atoms with Crippen molar-refractivity contribution in [3.8, 4) is 0 Å². The number of benzene rings is 3. The number of amides is 2. The van der Waals surface area contributed by atoms with Crippen molar-refractivity contribution in [2.75, 3.05) is 32.7 Å². The maximum atomic E-state index is 13.5. The van der Waals surface area contributed by atoms with Gasteiger partial charge >= 0.3 is 18.4 Å². The van der Waals surface area contributed by atoms with Gasteiger partial charge in [0.05, 0.1) is 21.2 Å². The van der Waals surface area contributed by atoms with Crippen LogP contribution in [0.25, 0.3) is 0 Å². The molecular weight excluding hydrogens is 671 g/mol. The van der Waals surface area contributed by atoms with Gasteiger partial charge in [0.15, 0.2) is 0 Å². The summed E-state index contributed by atoms with van der Waals surface area (Å²) in [4.78, 5) is 28.8. The Morgan fingerprint density at radius 1 is 0.787 bits per heavy atom. The monoisotopic (exact) mass is 701 g/mol. The second-order valence-corrected chi connectivity index (χ2v) is 12.9. The maximum absolute atomic E-state index is 13.5. The average molecular weight is 703 g/mol. The van der Waals surface area contributed by atoms with Crippen molar-refractivity contribution in [3.63, 3.8) is 0 Å². The van der Waals surface area contributed by atoms with Crippen LogP contribution in [0.5, 0.6) is 0 Å². The number of rotatable bonds is 7. The van der Waals surface area contributed by atoms with Crippen LogP contribution in [0, 0.1) is 0 Å². The second kappa shape index (κ2) is 13.2. The van der Waals surface area contributed by atoms with E-state index in [1.165, 1.54) is 4.90 Å². The summed E-state index contributed by atoms with van der Waals surface area (Å²) < 4.78 is 86.8. The summed E-state index contributed by atoms with van der Waals surface area (Å²) in [7, 11) is 0. The Morgan fingerprint density at radius 2 is 1.40 bits per heavy atom. The minimum atomic E-state index is -5.08. The molecule has 5 rings (SSSR count). The van der Waals surface area contributed by atoms with Gasteiger partial charge in [-0.05, 0) is 60.8 Å². The van der Waals surface area contributed by atoms with Gasteiger partial charge in [-0.25, -0.2) is 4.79 Å². The Hall–Kier alpha value is -3.48. The second-order valence-electron chi connectivity index (χ2n) is 12.1. The number of ether oxygens (including phenoxy) is 1. The number of hydrogen-bond acceptors (Lipinski definition) is 4. The lowest BCUT2D eigenvalue weighted by Gasteiger charge is -2.42. The molecule has 2 fully saturated rings. The first-order valence-corrected chi connectivity index (χ1v) is 15.6. The smallest absolute Gasteiger partial charge is 0.416 e. The molecule has 3 aromatic carbocycles. The third kappa shape index (κ3) is 7.65. The molecule has 2 N–H and O–H groups in total. The van der Waals surface area contributed by atoms with Crippen LogP contribution in [0.2, 0.25) is 10.0 Å². The Kier molecular flexibility index (Phi) is 9.79. The van der Waals surface area contributed by atoms with Gasteiger partial charge in [-0.1, -0.05) is 59.6 Å². The molecule has 0 spiro atoms.